The van der Waals surface area contributed by atoms with E-state index in [0.29, 0.717) is 38.8 Å². The summed E-state index contributed by atoms with van der Waals surface area (Å²) in [4.78, 5) is 34.9. The van der Waals surface area contributed by atoms with Crippen molar-refractivity contribution in [1.29, 1.82) is 0 Å². The van der Waals surface area contributed by atoms with E-state index in [4.69, 9.17) is 0 Å². The lowest BCUT2D eigenvalue weighted by molar-refractivity contribution is -0.137. The van der Waals surface area contributed by atoms with Crippen LogP contribution in [0.25, 0.3) is 22.0 Å². The minimum Gasteiger partial charge on any atom is -0.341 e. The molecule has 2 aromatic heterocycles. The minimum absolute atomic E-state index is 0.299. The van der Waals surface area contributed by atoms with Gasteiger partial charge in [-0.1, -0.05) is 42.5 Å². The Bertz CT molecular complexity index is 1730. The summed E-state index contributed by atoms with van der Waals surface area (Å²) in [7, 11) is 0. The van der Waals surface area contributed by atoms with E-state index < -0.39 is 23.2 Å². The van der Waals surface area contributed by atoms with Gasteiger partial charge in [-0.2, -0.15) is 13.2 Å². The lowest BCUT2D eigenvalue weighted by Crippen LogP contribution is -2.41. The summed E-state index contributed by atoms with van der Waals surface area (Å²) in [5.74, 6) is -0.722. The maximum atomic E-state index is 13.2. The van der Waals surface area contributed by atoms with Crippen molar-refractivity contribution < 1.29 is 22.8 Å². The zero-order valence-corrected chi connectivity index (χ0v) is 22.2. The van der Waals surface area contributed by atoms with E-state index in [2.05, 4.69) is 20.6 Å². The SMILES string of the molecule is CC(C)(NC(=O)c1cnc2cc(NC(=O)c3ccccc3-c3ccc(C(F)(F)F)cc3)ccc2c1)c1ccccn1. The first kappa shape index (κ1) is 27.5. The molecule has 0 saturated heterocycles. The van der Waals surface area contributed by atoms with Crippen molar-refractivity contribution >= 4 is 28.4 Å². The first-order valence-electron chi connectivity index (χ1n) is 12.7. The Morgan fingerprint density at radius 1 is 0.780 bits per heavy atom. The fourth-order valence-corrected chi connectivity index (χ4v) is 4.45. The molecule has 2 heterocycles. The molecule has 2 N–H and O–H groups in total. The largest absolute Gasteiger partial charge is 0.416 e. The molecule has 0 bridgehead atoms. The highest BCUT2D eigenvalue weighted by Crippen LogP contribution is 2.32. The highest BCUT2D eigenvalue weighted by atomic mass is 19.4. The molecule has 0 spiro atoms. The molecule has 5 rings (SSSR count). The van der Waals surface area contributed by atoms with Gasteiger partial charge in [-0.3, -0.25) is 19.6 Å². The zero-order chi connectivity index (χ0) is 29.2. The molecule has 9 heteroatoms. The Morgan fingerprint density at radius 3 is 2.22 bits per heavy atom. The summed E-state index contributed by atoms with van der Waals surface area (Å²) in [5, 5.41) is 6.53. The summed E-state index contributed by atoms with van der Waals surface area (Å²) in [6.45, 7) is 3.73. The van der Waals surface area contributed by atoms with Gasteiger partial charge >= 0.3 is 6.18 Å². The molecule has 6 nitrogen and oxygen atoms in total. The van der Waals surface area contributed by atoms with Gasteiger partial charge in [0.2, 0.25) is 0 Å². The number of halogens is 3. The number of amides is 2. The fourth-order valence-electron chi connectivity index (χ4n) is 4.45. The van der Waals surface area contributed by atoms with E-state index in [0.717, 1.165) is 17.8 Å². The summed E-state index contributed by atoms with van der Waals surface area (Å²) in [5.41, 5.74) is 1.99. The van der Waals surface area contributed by atoms with Crippen LogP contribution in [0.5, 0.6) is 0 Å². The van der Waals surface area contributed by atoms with Gasteiger partial charge in [0.25, 0.3) is 11.8 Å². The van der Waals surface area contributed by atoms with Gasteiger partial charge in [0.1, 0.15) is 0 Å². The van der Waals surface area contributed by atoms with E-state index in [1.165, 1.54) is 18.3 Å². The zero-order valence-electron chi connectivity index (χ0n) is 22.2. The molecular weight excluding hydrogens is 529 g/mol. The van der Waals surface area contributed by atoms with Crippen LogP contribution in [0.3, 0.4) is 0 Å². The average Bonchev–Trinajstić information content (AvgIpc) is 2.96. The van der Waals surface area contributed by atoms with Crippen LogP contribution in [0.2, 0.25) is 0 Å². The minimum atomic E-state index is -4.44. The number of carbonyl (C=O) groups excluding carboxylic acids is 2. The molecule has 0 radical (unpaired) electrons. The van der Waals surface area contributed by atoms with E-state index >= 15 is 0 Å². The second kappa shape index (κ2) is 10.8. The number of aromatic nitrogens is 2. The lowest BCUT2D eigenvalue weighted by Gasteiger charge is -2.25. The number of nitrogens with zero attached hydrogens (tertiary/aromatic N) is 2. The smallest absolute Gasteiger partial charge is 0.341 e. The van der Waals surface area contributed by atoms with Crippen LogP contribution >= 0.6 is 0 Å². The second-order valence-corrected chi connectivity index (χ2v) is 10.0. The Morgan fingerprint density at radius 2 is 1.51 bits per heavy atom. The van der Waals surface area contributed by atoms with Gasteiger partial charge in [0.15, 0.2) is 0 Å². The third-order valence-electron chi connectivity index (χ3n) is 6.63. The monoisotopic (exact) mass is 554 g/mol. The Kier molecular flexibility index (Phi) is 7.28. The first-order chi connectivity index (χ1) is 19.5. The molecule has 0 fully saturated rings. The summed E-state index contributed by atoms with van der Waals surface area (Å²) >= 11 is 0. The predicted octanol–water partition coefficient (Wildman–Crippen LogP) is 7.23. The number of benzene rings is 3. The quantitative estimate of drug-likeness (QED) is 0.232. The Labute approximate surface area is 234 Å². The molecule has 0 aliphatic heterocycles. The number of alkyl halides is 3. The molecule has 41 heavy (non-hydrogen) atoms. The Hall–Kier alpha value is -5.05. The number of rotatable bonds is 6. The third kappa shape index (κ3) is 6.09. The second-order valence-electron chi connectivity index (χ2n) is 10.0. The molecule has 0 aliphatic carbocycles. The molecule has 0 saturated carbocycles. The number of fused-ring (bicyclic) bond motifs is 1. The van der Waals surface area contributed by atoms with Crippen LogP contribution in [-0.4, -0.2) is 21.8 Å². The predicted molar refractivity (Wildman–Crippen MR) is 151 cm³/mol. The van der Waals surface area contributed by atoms with Crippen molar-refractivity contribution in [2.75, 3.05) is 5.32 Å². The number of anilines is 1. The molecule has 3 aromatic carbocycles. The normalized spacial score (nSPS) is 11.7. The van der Waals surface area contributed by atoms with Crippen molar-refractivity contribution in [1.82, 2.24) is 15.3 Å². The number of hydrogen-bond acceptors (Lipinski definition) is 4. The molecular formula is C32H25F3N4O2. The third-order valence-corrected chi connectivity index (χ3v) is 6.63. The fraction of sp³-hybridized carbons (Fsp3) is 0.125. The van der Waals surface area contributed by atoms with Gasteiger partial charge in [0.05, 0.1) is 27.9 Å². The van der Waals surface area contributed by atoms with Crippen LogP contribution in [0.4, 0.5) is 18.9 Å². The maximum absolute atomic E-state index is 13.2. The summed E-state index contributed by atoms with van der Waals surface area (Å²) in [6, 6.07) is 23.7. The van der Waals surface area contributed by atoms with Crippen molar-refractivity contribution in [3.8, 4) is 11.1 Å². The molecule has 206 valence electrons. The maximum Gasteiger partial charge on any atom is 0.416 e. The van der Waals surface area contributed by atoms with E-state index in [1.807, 2.05) is 32.0 Å². The molecule has 5 aromatic rings. The highest BCUT2D eigenvalue weighted by molar-refractivity contribution is 6.09. The standard InChI is InChI=1S/C32H25F3N4O2/c1-31(2,28-9-5-6-16-36-28)39-29(40)22-17-21-12-15-24(18-27(21)37-19-22)38-30(41)26-8-4-3-7-25(26)20-10-13-23(14-11-20)32(33,34)35/h3-19H,1-2H3,(H,38,41)(H,39,40). The van der Waals surface area contributed by atoms with Crippen LogP contribution < -0.4 is 10.6 Å². The van der Waals surface area contributed by atoms with Crippen LogP contribution in [-0.2, 0) is 11.7 Å². The first-order valence-corrected chi connectivity index (χ1v) is 12.7. The topological polar surface area (TPSA) is 84.0 Å². The summed E-state index contributed by atoms with van der Waals surface area (Å²) < 4.78 is 38.9. The van der Waals surface area contributed by atoms with Crippen molar-refractivity contribution in [3.63, 3.8) is 0 Å². The number of pyridine rings is 2. The van der Waals surface area contributed by atoms with Crippen LogP contribution in [0.1, 0.15) is 45.8 Å². The van der Waals surface area contributed by atoms with Gasteiger partial charge in [-0.25, -0.2) is 0 Å². The van der Waals surface area contributed by atoms with Gasteiger partial charge < -0.3 is 10.6 Å². The molecule has 0 aliphatic rings. The van der Waals surface area contributed by atoms with Crippen molar-refractivity contribution in [2.24, 2.45) is 0 Å². The van der Waals surface area contributed by atoms with E-state index in [9.17, 15) is 22.8 Å². The molecule has 2 amide bonds. The number of carbonyl (C=O) groups is 2. The van der Waals surface area contributed by atoms with Gasteiger partial charge in [0, 0.05) is 29.0 Å². The van der Waals surface area contributed by atoms with Crippen LogP contribution in [0, 0.1) is 0 Å². The van der Waals surface area contributed by atoms with Gasteiger partial charge in [-0.05, 0) is 73.5 Å². The van der Waals surface area contributed by atoms with Crippen molar-refractivity contribution in [2.45, 2.75) is 25.6 Å². The number of hydrogen-bond donors (Lipinski definition) is 2. The molecule has 0 atom stereocenters. The lowest BCUT2D eigenvalue weighted by atomic mass is 9.98. The number of nitrogens with one attached hydrogen (secondary N) is 2. The molecule has 0 unspecified atom stereocenters. The van der Waals surface area contributed by atoms with Crippen molar-refractivity contribution in [3.05, 3.63) is 126 Å². The summed E-state index contributed by atoms with van der Waals surface area (Å²) in [6.07, 6.45) is -1.30. The van der Waals surface area contributed by atoms with Crippen LogP contribution in [0.15, 0.2) is 103 Å². The highest BCUT2D eigenvalue weighted by Gasteiger charge is 2.30. The van der Waals surface area contributed by atoms with E-state index in [-0.39, 0.29) is 5.91 Å². The Balaban J connectivity index is 1.33. The average molecular weight is 555 g/mol. The van der Waals surface area contributed by atoms with Gasteiger partial charge in [-0.15, -0.1) is 0 Å². The van der Waals surface area contributed by atoms with E-state index in [1.54, 1.807) is 54.7 Å².